The molecule has 1 saturated carbocycles. The highest BCUT2D eigenvalue weighted by atomic mass is 16.3. The van der Waals surface area contributed by atoms with Gasteiger partial charge < -0.3 is 5.11 Å². The van der Waals surface area contributed by atoms with Crippen LogP contribution < -0.4 is 0 Å². The lowest BCUT2D eigenvalue weighted by Crippen LogP contribution is -2.19. The normalized spacial score (nSPS) is 35.6. The maximum atomic E-state index is 10.7. The van der Waals surface area contributed by atoms with Crippen molar-refractivity contribution in [1.82, 2.24) is 0 Å². The fraction of sp³-hybridized carbons (Fsp3) is 0.857. The minimum atomic E-state index is -0.644. The van der Waals surface area contributed by atoms with E-state index in [9.17, 15) is 4.79 Å². The van der Waals surface area contributed by atoms with Crippen LogP contribution in [-0.4, -0.2) is 17.0 Å². The zero-order valence-electron chi connectivity index (χ0n) is 5.63. The van der Waals surface area contributed by atoms with Gasteiger partial charge in [0.05, 0.1) is 0 Å². The first kappa shape index (κ1) is 6.75. The van der Waals surface area contributed by atoms with Gasteiger partial charge in [-0.25, -0.2) is 0 Å². The molecule has 1 rings (SSSR count). The summed E-state index contributed by atoms with van der Waals surface area (Å²) >= 11 is 0. The smallest absolute Gasteiger partial charge is 0.161 e. The van der Waals surface area contributed by atoms with Gasteiger partial charge in [0, 0.05) is 6.42 Å². The highest BCUT2D eigenvalue weighted by Crippen LogP contribution is 2.24. The first-order valence-corrected chi connectivity index (χ1v) is 3.46. The number of rotatable bonds is 1. The first-order chi connectivity index (χ1) is 4.25. The van der Waals surface area contributed by atoms with Gasteiger partial charge in [0.15, 0.2) is 5.78 Å². The van der Waals surface area contributed by atoms with Crippen molar-refractivity contribution in [2.45, 2.75) is 32.3 Å². The summed E-state index contributed by atoms with van der Waals surface area (Å²) in [4.78, 5) is 10.7. The van der Waals surface area contributed by atoms with Crippen molar-refractivity contribution in [3.63, 3.8) is 0 Å². The molecule has 0 aromatic rings. The quantitative estimate of drug-likeness (QED) is 0.565. The number of ketones is 1. The van der Waals surface area contributed by atoms with Crippen LogP contribution in [0, 0.1) is 5.92 Å². The fourth-order valence-corrected chi connectivity index (χ4v) is 1.32. The minimum absolute atomic E-state index is 0.0295. The molecular formula is C7H12O2. The third-order valence-corrected chi connectivity index (χ3v) is 2.06. The van der Waals surface area contributed by atoms with Gasteiger partial charge in [-0.2, -0.15) is 0 Å². The van der Waals surface area contributed by atoms with Crippen LogP contribution >= 0.6 is 0 Å². The largest absolute Gasteiger partial charge is 0.385 e. The molecule has 9 heavy (non-hydrogen) atoms. The van der Waals surface area contributed by atoms with E-state index in [1.165, 1.54) is 0 Å². The molecule has 52 valence electrons. The van der Waals surface area contributed by atoms with E-state index in [-0.39, 0.29) is 11.7 Å². The molecule has 0 saturated heterocycles. The van der Waals surface area contributed by atoms with E-state index in [4.69, 9.17) is 5.11 Å². The summed E-state index contributed by atoms with van der Waals surface area (Å²) in [5, 5.41) is 9.11. The summed E-state index contributed by atoms with van der Waals surface area (Å²) in [6.07, 6.45) is 1.75. The second-order valence-corrected chi connectivity index (χ2v) is 2.62. The molecule has 1 N–H and O–H groups in total. The Morgan fingerprint density at radius 1 is 1.78 bits per heavy atom. The molecule has 2 atom stereocenters. The number of aliphatic hydroxyl groups is 1. The Balaban J connectivity index is 2.51. The van der Waals surface area contributed by atoms with Gasteiger partial charge in [-0.1, -0.05) is 13.3 Å². The predicted octanol–water partition coefficient (Wildman–Crippen LogP) is 0.736. The van der Waals surface area contributed by atoms with E-state index in [1.807, 2.05) is 6.92 Å². The number of carbonyl (C=O) groups excluding carboxylic acids is 1. The van der Waals surface area contributed by atoms with Gasteiger partial charge >= 0.3 is 0 Å². The first-order valence-electron chi connectivity index (χ1n) is 3.46. The lowest BCUT2D eigenvalue weighted by molar-refractivity contribution is -0.125. The van der Waals surface area contributed by atoms with Crippen molar-refractivity contribution in [2.75, 3.05) is 0 Å². The van der Waals surface area contributed by atoms with Crippen LogP contribution in [0.1, 0.15) is 26.2 Å². The van der Waals surface area contributed by atoms with E-state index in [2.05, 4.69) is 0 Å². The highest BCUT2D eigenvalue weighted by Gasteiger charge is 2.30. The molecule has 1 fully saturated rings. The van der Waals surface area contributed by atoms with Crippen LogP contribution in [0.2, 0.25) is 0 Å². The third-order valence-electron chi connectivity index (χ3n) is 2.06. The third kappa shape index (κ3) is 1.13. The summed E-state index contributed by atoms with van der Waals surface area (Å²) in [6, 6.07) is 0. The van der Waals surface area contributed by atoms with Gasteiger partial charge in [0.25, 0.3) is 0 Å². The van der Waals surface area contributed by atoms with Crippen molar-refractivity contribution < 1.29 is 9.90 Å². The number of carbonyl (C=O) groups is 1. The standard InChI is InChI=1S/C7H12O2/c1-2-5-3-4-6(8)7(5)9/h5,7,9H,2-4H2,1H3. The van der Waals surface area contributed by atoms with Crippen LogP contribution in [0.15, 0.2) is 0 Å². The molecule has 2 nitrogen and oxygen atoms in total. The van der Waals surface area contributed by atoms with E-state index >= 15 is 0 Å². The second kappa shape index (κ2) is 2.48. The lowest BCUT2D eigenvalue weighted by atomic mass is 10.0. The van der Waals surface area contributed by atoms with Gasteiger partial charge in [-0.15, -0.1) is 0 Å². The number of hydrogen-bond acceptors (Lipinski definition) is 2. The maximum Gasteiger partial charge on any atom is 0.161 e. The molecule has 0 aliphatic heterocycles. The maximum absolute atomic E-state index is 10.7. The molecule has 2 unspecified atom stereocenters. The summed E-state index contributed by atoms with van der Waals surface area (Å²) in [7, 11) is 0. The van der Waals surface area contributed by atoms with Crippen LogP contribution in [0.3, 0.4) is 0 Å². The van der Waals surface area contributed by atoms with Crippen molar-refractivity contribution in [3.05, 3.63) is 0 Å². The number of aliphatic hydroxyl groups excluding tert-OH is 1. The molecule has 0 amide bonds. The lowest BCUT2D eigenvalue weighted by Gasteiger charge is -2.07. The van der Waals surface area contributed by atoms with E-state index < -0.39 is 6.10 Å². The Labute approximate surface area is 54.9 Å². The van der Waals surface area contributed by atoms with Gasteiger partial charge in [-0.05, 0) is 12.3 Å². The monoisotopic (exact) mass is 128 g/mol. The highest BCUT2D eigenvalue weighted by molar-refractivity contribution is 5.85. The van der Waals surface area contributed by atoms with E-state index in [0.29, 0.717) is 6.42 Å². The molecule has 0 aromatic carbocycles. The molecule has 0 spiro atoms. The molecule has 1 aliphatic carbocycles. The van der Waals surface area contributed by atoms with Crippen molar-refractivity contribution >= 4 is 5.78 Å². The average molecular weight is 128 g/mol. The second-order valence-electron chi connectivity index (χ2n) is 2.62. The molecule has 0 bridgehead atoms. The molecule has 0 radical (unpaired) electrons. The zero-order valence-corrected chi connectivity index (χ0v) is 5.63. The zero-order chi connectivity index (χ0) is 6.85. The van der Waals surface area contributed by atoms with Gasteiger partial charge in [0.1, 0.15) is 6.10 Å². The Morgan fingerprint density at radius 3 is 2.67 bits per heavy atom. The van der Waals surface area contributed by atoms with Crippen LogP contribution in [0.4, 0.5) is 0 Å². The summed E-state index contributed by atoms with van der Waals surface area (Å²) in [5.41, 5.74) is 0. The topological polar surface area (TPSA) is 37.3 Å². The molecular weight excluding hydrogens is 116 g/mol. The van der Waals surface area contributed by atoms with Crippen molar-refractivity contribution in [1.29, 1.82) is 0 Å². The molecule has 1 aliphatic rings. The SMILES string of the molecule is CCC1CCC(=O)C1O. The predicted molar refractivity (Wildman–Crippen MR) is 34.0 cm³/mol. The van der Waals surface area contributed by atoms with Crippen LogP contribution in [-0.2, 0) is 4.79 Å². The summed E-state index contributed by atoms with van der Waals surface area (Å²) in [6.45, 7) is 2.01. The van der Waals surface area contributed by atoms with E-state index in [1.54, 1.807) is 0 Å². The minimum Gasteiger partial charge on any atom is -0.385 e. The van der Waals surface area contributed by atoms with Gasteiger partial charge in [0.2, 0.25) is 0 Å². The Bertz CT molecular complexity index is 120. The number of Topliss-reactive ketones (excluding diaryl/α,β-unsaturated/α-hetero) is 1. The van der Waals surface area contributed by atoms with Crippen LogP contribution in [0.5, 0.6) is 0 Å². The molecule has 0 aromatic heterocycles. The summed E-state index contributed by atoms with van der Waals surface area (Å²) in [5.74, 6) is 0.277. The van der Waals surface area contributed by atoms with Crippen LogP contribution in [0.25, 0.3) is 0 Å². The molecule has 2 heteroatoms. The Kier molecular flexibility index (Phi) is 1.86. The summed E-state index contributed by atoms with van der Waals surface area (Å²) < 4.78 is 0. The van der Waals surface area contributed by atoms with Crippen molar-refractivity contribution in [3.8, 4) is 0 Å². The molecule has 0 heterocycles. The Morgan fingerprint density at radius 2 is 2.44 bits per heavy atom. The Hall–Kier alpha value is -0.370. The van der Waals surface area contributed by atoms with Crippen molar-refractivity contribution in [2.24, 2.45) is 5.92 Å². The average Bonchev–Trinajstić information content (AvgIpc) is 2.15. The van der Waals surface area contributed by atoms with Gasteiger partial charge in [-0.3, -0.25) is 4.79 Å². The number of hydrogen-bond donors (Lipinski definition) is 1. The fourth-order valence-electron chi connectivity index (χ4n) is 1.32. The van der Waals surface area contributed by atoms with E-state index in [0.717, 1.165) is 12.8 Å².